The lowest BCUT2D eigenvalue weighted by atomic mass is 10.1. The van der Waals surface area contributed by atoms with Crippen LogP contribution in [0.25, 0.3) is 16.2 Å². The van der Waals surface area contributed by atoms with Gasteiger partial charge in [-0.2, -0.15) is 0 Å². The maximum Gasteiger partial charge on any atom is 0.335 e. The summed E-state index contributed by atoms with van der Waals surface area (Å²) in [5.74, 6) is -2.13. The average molecular weight is 438 g/mol. The number of hydrogen-bond donors (Lipinski definition) is 1. The number of carboxylic acids is 1. The Morgan fingerprint density at radius 2 is 1.96 bits per heavy atom. The van der Waals surface area contributed by atoms with E-state index in [9.17, 15) is 13.6 Å². The van der Waals surface area contributed by atoms with Gasteiger partial charge >= 0.3 is 5.97 Å². The van der Waals surface area contributed by atoms with Gasteiger partial charge in [-0.25, -0.2) is 13.6 Å². The molecule has 0 bridgehead atoms. The van der Waals surface area contributed by atoms with Crippen molar-refractivity contribution in [1.29, 1.82) is 0 Å². The zero-order chi connectivity index (χ0) is 19.8. The summed E-state index contributed by atoms with van der Waals surface area (Å²) in [4.78, 5) is 11.6. The molecule has 0 saturated heterocycles. The van der Waals surface area contributed by atoms with Crippen LogP contribution in [0.3, 0.4) is 0 Å². The van der Waals surface area contributed by atoms with E-state index in [2.05, 4.69) is 10.2 Å². The second-order valence-electron chi connectivity index (χ2n) is 5.74. The van der Waals surface area contributed by atoms with Gasteiger partial charge in [0.25, 0.3) is 0 Å². The van der Waals surface area contributed by atoms with E-state index in [-0.39, 0.29) is 27.7 Å². The molecule has 5 nitrogen and oxygen atoms in total. The molecule has 4 rings (SSSR count). The molecular formula is C18H10ClF2N3O2S2. The van der Waals surface area contributed by atoms with Crippen LogP contribution in [0.5, 0.6) is 0 Å². The van der Waals surface area contributed by atoms with Crippen molar-refractivity contribution in [3.63, 3.8) is 0 Å². The van der Waals surface area contributed by atoms with Crippen molar-refractivity contribution in [2.24, 2.45) is 0 Å². The number of hydrogen-bond acceptors (Lipinski definition) is 5. The highest BCUT2D eigenvalue weighted by Crippen LogP contribution is 2.33. The maximum absolute atomic E-state index is 14.3. The van der Waals surface area contributed by atoms with Crippen molar-refractivity contribution >= 4 is 45.6 Å². The van der Waals surface area contributed by atoms with E-state index in [1.807, 2.05) is 5.38 Å². The van der Waals surface area contributed by atoms with E-state index in [1.54, 1.807) is 16.5 Å². The first-order valence-electron chi connectivity index (χ1n) is 7.86. The quantitative estimate of drug-likeness (QED) is 0.424. The number of carboxylic acid groups (broad SMARTS) is 1. The third-order valence-corrected chi connectivity index (χ3v) is 6.10. The molecule has 0 aliphatic rings. The predicted octanol–water partition coefficient (Wildman–Crippen LogP) is 5.38. The van der Waals surface area contributed by atoms with Crippen LogP contribution in [0.4, 0.5) is 8.78 Å². The molecule has 0 atom stereocenters. The third kappa shape index (κ3) is 3.48. The highest BCUT2D eigenvalue weighted by atomic mass is 35.5. The fraction of sp³-hybridized carbons (Fsp3) is 0.0556. The number of benzene rings is 2. The maximum atomic E-state index is 14.3. The minimum Gasteiger partial charge on any atom is -0.478 e. The molecule has 0 fully saturated rings. The van der Waals surface area contributed by atoms with Gasteiger partial charge in [0.1, 0.15) is 11.6 Å². The number of thiazole rings is 1. The number of halogens is 3. The summed E-state index contributed by atoms with van der Waals surface area (Å²) in [6.45, 7) is 0. The molecule has 10 heteroatoms. The van der Waals surface area contributed by atoms with E-state index < -0.39 is 11.8 Å². The molecule has 1 N–H and O–H groups in total. The second-order valence-corrected chi connectivity index (χ2v) is 7.93. The van der Waals surface area contributed by atoms with Gasteiger partial charge in [0.2, 0.25) is 4.96 Å². The van der Waals surface area contributed by atoms with Crippen molar-refractivity contribution in [3.8, 4) is 11.3 Å². The van der Waals surface area contributed by atoms with Crippen LogP contribution in [-0.2, 0) is 5.75 Å². The van der Waals surface area contributed by atoms with Crippen LogP contribution >= 0.6 is 34.7 Å². The van der Waals surface area contributed by atoms with Crippen molar-refractivity contribution in [2.45, 2.75) is 10.9 Å². The molecule has 2 aromatic carbocycles. The highest BCUT2D eigenvalue weighted by Gasteiger charge is 2.17. The Kier molecular flexibility index (Phi) is 5.05. The molecule has 0 radical (unpaired) electrons. The van der Waals surface area contributed by atoms with Crippen molar-refractivity contribution in [2.75, 3.05) is 0 Å². The largest absolute Gasteiger partial charge is 0.478 e. The Labute approximate surface area is 170 Å². The first-order valence-corrected chi connectivity index (χ1v) is 10.1. The van der Waals surface area contributed by atoms with Gasteiger partial charge in [-0.3, -0.25) is 4.40 Å². The number of carbonyl (C=O) groups is 1. The molecule has 28 heavy (non-hydrogen) atoms. The SMILES string of the molecule is O=C(O)c1cc(F)c(CSc2nnc3scc(-c4ccc(F)cc4)n23)c(Cl)c1. The van der Waals surface area contributed by atoms with Crippen LogP contribution < -0.4 is 0 Å². The average Bonchev–Trinajstić information content (AvgIpc) is 3.24. The van der Waals surface area contributed by atoms with Gasteiger partial charge in [0.05, 0.1) is 11.3 Å². The summed E-state index contributed by atoms with van der Waals surface area (Å²) >= 11 is 8.67. The Morgan fingerprint density at radius 3 is 2.64 bits per heavy atom. The molecule has 142 valence electrons. The molecule has 0 unspecified atom stereocenters. The normalized spacial score (nSPS) is 11.2. The Hall–Kier alpha value is -2.49. The number of nitrogens with zero attached hydrogens (tertiary/aromatic N) is 3. The van der Waals surface area contributed by atoms with Gasteiger partial charge in [0.15, 0.2) is 5.16 Å². The third-order valence-electron chi connectivity index (χ3n) is 3.99. The van der Waals surface area contributed by atoms with Gasteiger partial charge in [-0.1, -0.05) is 23.4 Å². The van der Waals surface area contributed by atoms with Gasteiger partial charge < -0.3 is 5.11 Å². The first kappa shape index (κ1) is 18.9. The van der Waals surface area contributed by atoms with E-state index in [4.69, 9.17) is 16.7 Å². The van der Waals surface area contributed by atoms with Crippen molar-refractivity contribution in [1.82, 2.24) is 14.6 Å². The smallest absolute Gasteiger partial charge is 0.335 e. The van der Waals surface area contributed by atoms with Crippen LogP contribution in [0, 0.1) is 11.6 Å². The predicted molar refractivity (Wildman–Crippen MR) is 104 cm³/mol. The first-order chi connectivity index (χ1) is 13.4. The Bertz CT molecular complexity index is 1170. The summed E-state index contributed by atoms with van der Waals surface area (Å²) in [7, 11) is 0. The minimum atomic E-state index is -1.25. The fourth-order valence-corrected chi connectivity index (χ4v) is 4.84. The van der Waals surface area contributed by atoms with E-state index in [1.165, 1.54) is 41.3 Å². The van der Waals surface area contributed by atoms with Crippen molar-refractivity contribution < 1.29 is 18.7 Å². The summed E-state index contributed by atoms with van der Waals surface area (Å²) in [5, 5.41) is 19.7. The number of aromatic carboxylic acids is 1. The van der Waals surface area contributed by atoms with E-state index in [0.29, 0.717) is 10.1 Å². The Balaban J connectivity index is 1.66. The second kappa shape index (κ2) is 7.50. The van der Waals surface area contributed by atoms with Gasteiger partial charge in [-0.15, -0.1) is 21.5 Å². The molecule has 2 aromatic heterocycles. The minimum absolute atomic E-state index is 0.0368. The van der Waals surface area contributed by atoms with Crippen molar-refractivity contribution in [3.05, 3.63) is 69.6 Å². The highest BCUT2D eigenvalue weighted by molar-refractivity contribution is 7.98. The van der Waals surface area contributed by atoms with E-state index >= 15 is 0 Å². The van der Waals surface area contributed by atoms with Crippen LogP contribution in [-0.4, -0.2) is 25.7 Å². The zero-order valence-electron chi connectivity index (χ0n) is 13.9. The number of aromatic nitrogens is 3. The molecule has 2 heterocycles. The summed E-state index contributed by atoms with van der Waals surface area (Å²) in [6.07, 6.45) is 0. The summed E-state index contributed by atoms with van der Waals surface area (Å²) < 4.78 is 29.3. The van der Waals surface area contributed by atoms with Crippen LogP contribution in [0.15, 0.2) is 46.9 Å². The lowest BCUT2D eigenvalue weighted by Gasteiger charge is -2.07. The lowest BCUT2D eigenvalue weighted by molar-refractivity contribution is 0.0696. The fourth-order valence-electron chi connectivity index (χ4n) is 2.61. The summed E-state index contributed by atoms with van der Waals surface area (Å²) in [5.41, 5.74) is 1.56. The molecule has 0 aliphatic heterocycles. The van der Waals surface area contributed by atoms with Gasteiger partial charge in [-0.05, 0) is 42.0 Å². The zero-order valence-corrected chi connectivity index (χ0v) is 16.3. The molecule has 0 spiro atoms. The molecular weight excluding hydrogens is 428 g/mol. The molecule has 0 saturated carbocycles. The lowest BCUT2D eigenvalue weighted by Crippen LogP contribution is -2.00. The topological polar surface area (TPSA) is 67.5 Å². The molecule has 0 amide bonds. The monoisotopic (exact) mass is 437 g/mol. The standard InChI is InChI=1S/C18H10ClF2N3O2S2/c19-13-5-10(16(25)26)6-14(21)12(13)7-27-17-22-23-18-24(17)15(8-28-18)9-1-3-11(20)4-2-9/h1-6,8H,7H2,(H,25,26). The summed E-state index contributed by atoms with van der Waals surface area (Å²) in [6, 6.07) is 8.22. The van der Waals surface area contributed by atoms with Crippen LogP contribution in [0.2, 0.25) is 5.02 Å². The number of thioether (sulfide) groups is 1. The van der Waals surface area contributed by atoms with Gasteiger partial charge in [0, 0.05) is 21.7 Å². The molecule has 4 aromatic rings. The number of fused-ring (bicyclic) bond motifs is 1. The molecule has 0 aliphatic carbocycles. The van der Waals surface area contributed by atoms with Crippen LogP contribution in [0.1, 0.15) is 15.9 Å². The number of rotatable bonds is 5. The van der Waals surface area contributed by atoms with E-state index in [0.717, 1.165) is 17.3 Å². The Morgan fingerprint density at radius 1 is 1.21 bits per heavy atom.